The van der Waals surface area contributed by atoms with E-state index in [1.54, 1.807) is 24.3 Å². The van der Waals surface area contributed by atoms with E-state index in [9.17, 15) is 4.79 Å². The second-order valence-corrected chi connectivity index (χ2v) is 5.38. The summed E-state index contributed by atoms with van der Waals surface area (Å²) < 4.78 is 5.62. The van der Waals surface area contributed by atoms with Gasteiger partial charge in [0.2, 0.25) is 0 Å². The van der Waals surface area contributed by atoms with E-state index >= 15 is 0 Å². The van der Waals surface area contributed by atoms with E-state index in [1.807, 2.05) is 18.2 Å². The number of nitrogens with one attached hydrogen (secondary N) is 1. The first-order valence-electron chi connectivity index (χ1n) is 6.14. The van der Waals surface area contributed by atoms with E-state index in [2.05, 4.69) is 5.32 Å². The first-order chi connectivity index (χ1) is 9.63. The third kappa shape index (κ3) is 2.60. The maximum absolute atomic E-state index is 12.2. The van der Waals surface area contributed by atoms with Crippen molar-refractivity contribution < 1.29 is 9.53 Å². The van der Waals surface area contributed by atoms with Gasteiger partial charge in [-0.05, 0) is 35.9 Å². The standard InChI is InChI=1S/C15H11Cl2NO2/c16-10-5-6-13-9(7-10)8-14(20-13)15(19)18-12-4-2-1-3-11(12)17/h1-7,14H,8H2,(H,18,19). The Bertz CT molecular complexity index is 673. The van der Waals surface area contributed by atoms with E-state index in [1.165, 1.54) is 0 Å². The van der Waals surface area contributed by atoms with Gasteiger partial charge in [-0.1, -0.05) is 35.3 Å². The zero-order valence-corrected chi connectivity index (χ0v) is 11.9. The highest BCUT2D eigenvalue weighted by Gasteiger charge is 2.29. The van der Waals surface area contributed by atoms with Gasteiger partial charge in [0.15, 0.2) is 6.10 Å². The fraction of sp³-hybridized carbons (Fsp3) is 0.133. The molecule has 20 heavy (non-hydrogen) atoms. The van der Waals surface area contributed by atoms with Crippen LogP contribution in [0.1, 0.15) is 5.56 Å². The number of amides is 1. The Balaban J connectivity index is 1.73. The molecule has 0 fully saturated rings. The Morgan fingerprint density at radius 1 is 1.20 bits per heavy atom. The smallest absolute Gasteiger partial charge is 0.265 e. The Morgan fingerprint density at radius 2 is 2.00 bits per heavy atom. The number of rotatable bonds is 2. The second-order valence-electron chi connectivity index (χ2n) is 4.53. The van der Waals surface area contributed by atoms with E-state index in [4.69, 9.17) is 27.9 Å². The van der Waals surface area contributed by atoms with Crippen LogP contribution in [0.25, 0.3) is 0 Å². The first kappa shape index (κ1) is 13.3. The molecule has 0 bridgehead atoms. The summed E-state index contributed by atoms with van der Waals surface area (Å²) in [6, 6.07) is 12.4. The predicted molar refractivity (Wildman–Crippen MR) is 79.7 cm³/mol. The molecule has 2 aromatic rings. The third-order valence-corrected chi connectivity index (χ3v) is 3.69. The van der Waals surface area contributed by atoms with Crippen molar-refractivity contribution in [2.75, 3.05) is 5.32 Å². The van der Waals surface area contributed by atoms with Gasteiger partial charge in [-0.3, -0.25) is 4.79 Å². The molecular formula is C15H11Cl2NO2. The summed E-state index contributed by atoms with van der Waals surface area (Å²) in [7, 11) is 0. The normalized spacial score (nSPS) is 16.4. The van der Waals surface area contributed by atoms with Gasteiger partial charge in [0.25, 0.3) is 5.91 Å². The van der Waals surface area contributed by atoms with Gasteiger partial charge in [-0.15, -0.1) is 0 Å². The number of para-hydroxylation sites is 1. The summed E-state index contributed by atoms with van der Waals surface area (Å²) in [5.74, 6) is 0.485. The molecule has 0 aromatic heterocycles. The van der Waals surface area contributed by atoms with Crippen LogP contribution in [0.2, 0.25) is 10.0 Å². The van der Waals surface area contributed by atoms with Crippen LogP contribution < -0.4 is 10.1 Å². The molecule has 0 saturated carbocycles. The van der Waals surface area contributed by atoms with Gasteiger partial charge in [0.1, 0.15) is 5.75 Å². The second kappa shape index (κ2) is 5.35. The summed E-state index contributed by atoms with van der Waals surface area (Å²) in [5, 5.41) is 3.91. The number of carbonyl (C=O) groups excluding carboxylic acids is 1. The molecule has 1 atom stereocenters. The molecule has 1 aliphatic rings. The molecule has 0 saturated heterocycles. The Labute approximate surface area is 126 Å². The summed E-state index contributed by atoms with van der Waals surface area (Å²) >= 11 is 11.9. The van der Waals surface area contributed by atoms with Crippen molar-refractivity contribution in [1.29, 1.82) is 0 Å². The lowest BCUT2D eigenvalue weighted by atomic mass is 10.1. The van der Waals surface area contributed by atoms with Crippen LogP contribution in [0.3, 0.4) is 0 Å². The summed E-state index contributed by atoms with van der Waals surface area (Å²) in [5.41, 5.74) is 1.52. The molecule has 3 nitrogen and oxygen atoms in total. The summed E-state index contributed by atoms with van der Waals surface area (Å²) in [4.78, 5) is 12.2. The van der Waals surface area contributed by atoms with Crippen molar-refractivity contribution in [3.63, 3.8) is 0 Å². The maximum Gasteiger partial charge on any atom is 0.265 e. The number of halogens is 2. The quantitative estimate of drug-likeness (QED) is 0.912. The Kier molecular flexibility index (Phi) is 3.55. The van der Waals surface area contributed by atoms with Crippen molar-refractivity contribution in [2.24, 2.45) is 0 Å². The minimum Gasteiger partial charge on any atom is -0.480 e. The summed E-state index contributed by atoms with van der Waals surface area (Å²) in [6.45, 7) is 0. The van der Waals surface area contributed by atoms with E-state index in [0.717, 1.165) is 5.56 Å². The highest BCUT2D eigenvalue weighted by Crippen LogP contribution is 2.31. The first-order valence-corrected chi connectivity index (χ1v) is 6.89. The molecule has 1 N–H and O–H groups in total. The Hall–Kier alpha value is -1.71. The highest BCUT2D eigenvalue weighted by atomic mass is 35.5. The molecular weight excluding hydrogens is 297 g/mol. The van der Waals surface area contributed by atoms with Crippen LogP contribution >= 0.6 is 23.2 Å². The molecule has 5 heteroatoms. The zero-order chi connectivity index (χ0) is 14.1. The van der Waals surface area contributed by atoms with Crippen molar-refractivity contribution in [3.05, 3.63) is 58.1 Å². The highest BCUT2D eigenvalue weighted by molar-refractivity contribution is 6.33. The SMILES string of the molecule is O=C(Nc1ccccc1Cl)C1Cc2cc(Cl)ccc2O1. The van der Waals surface area contributed by atoms with Crippen LogP contribution in [0.15, 0.2) is 42.5 Å². The molecule has 102 valence electrons. The molecule has 2 aromatic carbocycles. The molecule has 0 radical (unpaired) electrons. The van der Waals surface area contributed by atoms with E-state index in [0.29, 0.717) is 27.9 Å². The minimum absolute atomic E-state index is 0.217. The number of hydrogen-bond acceptors (Lipinski definition) is 2. The van der Waals surface area contributed by atoms with Gasteiger partial charge in [-0.2, -0.15) is 0 Å². The summed E-state index contributed by atoms with van der Waals surface area (Å²) in [6.07, 6.45) is -0.0497. The van der Waals surface area contributed by atoms with Crippen LogP contribution in [0, 0.1) is 0 Å². The molecule has 1 heterocycles. The lowest BCUT2D eigenvalue weighted by Crippen LogP contribution is -2.31. The van der Waals surface area contributed by atoms with Crippen LogP contribution in [0.4, 0.5) is 5.69 Å². The van der Waals surface area contributed by atoms with Crippen molar-refractivity contribution in [2.45, 2.75) is 12.5 Å². The van der Waals surface area contributed by atoms with Crippen molar-refractivity contribution >= 4 is 34.8 Å². The number of benzene rings is 2. The van der Waals surface area contributed by atoms with Crippen LogP contribution in [-0.4, -0.2) is 12.0 Å². The minimum atomic E-state index is -0.556. The van der Waals surface area contributed by atoms with Crippen LogP contribution in [-0.2, 0) is 11.2 Å². The molecule has 3 rings (SSSR count). The van der Waals surface area contributed by atoms with Gasteiger partial charge >= 0.3 is 0 Å². The largest absolute Gasteiger partial charge is 0.480 e. The molecule has 1 unspecified atom stereocenters. The zero-order valence-electron chi connectivity index (χ0n) is 10.4. The lowest BCUT2D eigenvalue weighted by Gasteiger charge is -2.12. The number of ether oxygens (including phenoxy) is 1. The lowest BCUT2D eigenvalue weighted by molar-refractivity contribution is -0.122. The van der Waals surface area contributed by atoms with Crippen molar-refractivity contribution in [3.8, 4) is 5.75 Å². The Morgan fingerprint density at radius 3 is 2.80 bits per heavy atom. The van der Waals surface area contributed by atoms with Gasteiger partial charge in [0.05, 0.1) is 10.7 Å². The predicted octanol–water partition coefficient (Wildman–Crippen LogP) is 3.94. The van der Waals surface area contributed by atoms with Crippen molar-refractivity contribution in [1.82, 2.24) is 0 Å². The molecule has 0 spiro atoms. The van der Waals surface area contributed by atoms with E-state index < -0.39 is 6.10 Å². The maximum atomic E-state index is 12.2. The van der Waals surface area contributed by atoms with Gasteiger partial charge < -0.3 is 10.1 Å². The average molecular weight is 308 g/mol. The van der Waals surface area contributed by atoms with Crippen LogP contribution in [0.5, 0.6) is 5.75 Å². The average Bonchev–Trinajstić information content (AvgIpc) is 2.84. The fourth-order valence-electron chi connectivity index (χ4n) is 2.14. The number of hydrogen-bond donors (Lipinski definition) is 1. The number of carbonyl (C=O) groups is 1. The molecule has 1 aliphatic heterocycles. The van der Waals surface area contributed by atoms with Gasteiger partial charge in [0, 0.05) is 11.4 Å². The molecule has 0 aliphatic carbocycles. The topological polar surface area (TPSA) is 38.3 Å². The van der Waals surface area contributed by atoms with Gasteiger partial charge in [-0.25, -0.2) is 0 Å². The number of fused-ring (bicyclic) bond motifs is 1. The third-order valence-electron chi connectivity index (χ3n) is 3.12. The fourth-order valence-corrected chi connectivity index (χ4v) is 2.52. The monoisotopic (exact) mass is 307 g/mol. The number of anilines is 1. The van der Waals surface area contributed by atoms with E-state index in [-0.39, 0.29) is 5.91 Å². The molecule has 1 amide bonds.